The molecule has 2 unspecified atom stereocenters. The number of hydrogen-bond donors (Lipinski definition) is 8. The van der Waals surface area contributed by atoms with Crippen LogP contribution in [-0.4, -0.2) is 64.1 Å². The van der Waals surface area contributed by atoms with Gasteiger partial charge in [0.15, 0.2) is 9.96 Å². The number of hydrogen-bond acceptors (Lipinski definition) is 12. The summed E-state index contributed by atoms with van der Waals surface area (Å²) in [7, 11) is -9.60. The van der Waals surface area contributed by atoms with E-state index in [1.165, 1.54) is 0 Å². The first-order valence-electron chi connectivity index (χ1n) is 6.38. The van der Waals surface area contributed by atoms with Gasteiger partial charge in [0.05, 0.1) is 0 Å². The van der Waals surface area contributed by atoms with Gasteiger partial charge in [-0.3, -0.25) is 5.32 Å². The molecule has 2 heterocycles. The van der Waals surface area contributed by atoms with Crippen molar-refractivity contribution in [1.82, 2.24) is 5.32 Å². The first kappa shape index (κ1) is 20.4. The van der Waals surface area contributed by atoms with E-state index in [1.807, 2.05) is 0 Å². The van der Waals surface area contributed by atoms with Crippen LogP contribution in [0.4, 0.5) is 0 Å². The number of rotatable bonds is 3. The molecule has 15 heteroatoms. The van der Waals surface area contributed by atoms with Crippen molar-refractivity contribution in [2.75, 3.05) is 0 Å². The molecular weight excluding hydrogens is 404 g/mol. The predicted molar refractivity (Wildman–Crippen MR) is 81.1 cm³/mol. The molecule has 0 amide bonds. The summed E-state index contributed by atoms with van der Waals surface area (Å²) in [6, 6.07) is -2.22. The minimum atomic E-state index is -4.99. The van der Waals surface area contributed by atoms with Crippen LogP contribution < -0.4 is 10.5 Å². The second kappa shape index (κ2) is 5.32. The van der Waals surface area contributed by atoms with Gasteiger partial charge in [0.1, 0.15) is 10.3 Å². The molecule has 1 aliphatic rings. The Labute approximate surface area is 145 Å². The van der Waals surface area contributed by atoms with Crippen molar-refractivity contribution in [3.05, 3.63) is 5.56 Å². The maximum absolute atomic E-state index is 12.5. The number of sulfonamides is 1. The van der Waals surface area contributed by atoms with Gasteiger partial charge >= 0.3 is 0 Å². The van der Waals surface area contributed by atoms with Gasteiger partial charge in [-0.1, -0.05) is 0 Å². The SMILES string of the molecule is CC(O)(O)NC1c2c(sc(S(N)(=O)=O)c2O)S(=O)(=O)C(C)(O)C1(O)O. The van der Waals surface area contributed by atoms with Crippen LogP contribution in [0.25, 0.3) is 0 Å². The van der Waals surface area contributed by atoms with Crippen molar-refractivity contribution >= 4 is 31.2 Å². The average Bonchev–Trinajstić information content (AvgIpc) is 2.71. The topological polar surface area (TPSA) is 228 Å². The highest BCUT2D eigenvalue weighted by Gasteiger charge is 2.66. The fourth-order valence-corrected chi connectivity index (χ4v) is 6.84. The molecule has 144 valence electrons. The summed E-state index contributed by atoms with van der Waals surface area (Å²) in [5.41, 5.74) is -0.889. The first-order valence-corrected chi connectivity index (χ1v) is 10.2. The molecule has 0 radical (unpaired) electrons. The van der Waals surface area contributed by atoms with Gasteiger partial charge in [0.2, 0.25) is 26.5 Å². The molecule has 0 bridgehead atoms. The largest absolute Gasteiger partial charge is 0.505 e. The lowest BCUT2D eigenvalue weighted by atomic mass is 9.94. The molecule has 1 aromatic rings. The number of nitrogens with one attached hydrogen (secondary N) is 1. The molecule has 0 fully saturated rings. The summed E-state index contributed by atoms with van der Waals surface area (Å²) in [6.45, 7) is 1.24. The van der Waals surface area contributed by atoms with E-state index in [4.69, 9.17) is 5.14 Å². The van der Waals surface area contributed by atoms with Crippen molar-refractivity contribution in [2.45, 2.75) is 44.9 Å². The van der Waals surface area contributed by atoms with E-state index in [0.717, 1.165) is 6.92 Å². The number of primary sulfonamides is 1. The fourth-order valence-electron chi connectivity index (χ4n) is 2.33. The highest BCUT2D eigenvalue weighted by molar-refractivity contribution is 7.96. The minimum absolute atomic E-state index is 0.0278. The number of aliphatic hydroxyl groups is 5. The zero-order valence-corrected chi connectivity index (χ0v) is 15.1. The Morgan fingerprint density at radius 1 is 1.28 bits per heavy atom. The van der Waals surface area contributed by atoms with Crippen LogP contribution in [0, 0.1) is 0 Å². The van der Waals surface area contributed by atoms with Crippen LogP contribution in [0.3, 0.4) is 0 Å². The Kier molecular flexibility index (Phi) is 4.35. The van der Waals surface area contributed by atoms with Crippen molar-refractivity contribution < 1.29 is 47.5 Å². The summed E-state index contributed by atoms with van der Waals surface area (Å²) >= 11 is -0.0278. The van der Waals surface area contributed by atoms with Crippen molar-refractivity contribution in [1.29, 1.82) is 0 Å². The van der Waals surface area contributed by atoms with E-state index < -0.39 is 62.3 Å². The standard InChI is InChI=1S/C10H16N2O10S3/c1-8(14)10(17,18)5(12-9(2,15)16)3-4(13)7(25(11,21)22)23-6(3)24(8,19)20/h5,12-18H,1-2H3,(H2,11,21,22). The third-order valence-corrected chi connectivity index (χ3v) is 9.08. The van der Waals surface area contributed by atoms with E-state index in [-0.39, 0.29) is 11.3 Å². The lowest BCUT2D eigenvalue weighted by molar-refractivity contribution is -0.280. The van der Waals surface area contributed by atoms with Crippen LogP contribution >= 0.6 is 11.3 Å². The number of nitrogens with two attached hydrogens (primary N) is 1. The Hall–Kier alpha value is -0.880. The Bertz CT molecular complexity index is 923. The van der Waals surface area contributed by atoms with Gasteiger partial charge in [-0.2, -0.15) is 0 Å². The van der Waals surface area contributed by atoms with Gasteiger partial charge in [0, 0.05) is 12.5 Å². The number of sulfone groups is 1. The van der Waals surface area contributed by atoms with Gasteiger partial charge < -0.3 is 30.6 Å². The van der Waals surface area contributed by atoms with Crippen LogP contribution in [0.2, 0.25) is 0 Å². The Morgan fingerprint density at radius 3 is 2.16 bits per heavy atom. The molecule has 0 aromatic carbocycles. The number of fused-ring (bicyclic) bond motifs is 1. The second-order valence-corrected chi connectivity index (χ2v) is 11.0. The second-order valence-electron chi connectivity index (χ2n) is 5.79. The maximum Gasteiger partial charge on any atom is 0.251 e. The summed E-state index contributed by atoms with van der Waals surface area (Å²) in [4.78, 5) is -3.30. The van der Waals surface area contributed by atoms with E-state index in [2.05, 4.69) is 0 Å². The molecule has 0 saturated heterocycles. The van der Waals surface area contributed by atoms with Crippen LogP contribution in [0.15, 0.2) is 8.42 Å². The van der Waals surface area contributed by atoms with Gasteiger partial charge in [-0.05, 0) is 6.92 Å². The van der Waals surface area contributed by atoms with E-state index in [1.54, 1.807) is 5.32 Å². The highest BCUT2D eigenvalue weighted by atomic mass is 32.3. The molecule has 2 rings (SSSR count). The smallest absolute Gasteiger partial charge is 0.251 e. The Morgan fingerprint density at radius 2 is 1.76 bits per heavy atom. The first-order chi connectivity index (χ1) is 10.9. The summed E-state index contributed by atoms with van der Waals surface area (Å²) in [6.07, 6.45) is 0. The predicted octanol–water partition coefficient (Wildman–Crippen LogP) is -3.43. The quantitative estimate of drug-likeness (QED) is 0.224. The van der Waals surface area contributed by atoms with Crippen molar-refractivity contribution in [3.63, 3.8) is 0 Å². The molecule has 9 N–H and O–H groups in total. The van der Waals surface area contributed by atoms with E-state index in [0.29, 0.717) is 6.92 Å². The van der Waals surface area contributed by atoms with Gasteiger partial charge in [0.25, 0.3) is 10.0 Å². The maximum atomic E-state index is 12.5. The minimum Gasteiger partial charge on any atom is -0.505 e. The van der Waals surface area contributed by atoms with E-state index >= 15 is 0 Å². The zero-order valence-electron chi connectivity index (χ0n) is 12.7. The van der Waals surface area contributed by atoms with Gasteiger partial charge in [-0.25, -0.2) is 22.0 Å². The molecule has 1 aliphatic heterocycles. The molecule has 1 aromatic heterocycles. The fraction of sp³-hybridized carbons (Fsp3) is 0.600. The molecule has 2 atom stereocenters. The van der Waals surface area contributed by atoms with Crippen molar-refractivity contribution in [2.24, 2.45) is 5.14 Å². The van der Waals surface area contributed by atoms with Crippen LogP contribution in [-0.2, 0) is 19.9 Å². The average molecular weight is 420 g/mol. The lowest BCUT2D eigenvalue weighted by Crippen LogP contribution is -2.67. The monoisotopic (exact) mass is 420 g/mol. The number of thiophene rings is 1. The molecular formula is C10H16N2O10S3. The normalized spacial score (nSPS) is 28.6. The van der Waals surface area contributed by atoms with Crippen LogP contribution in [0.5, 0.6) is 5.75 Å². The molecule has 0 aliphatic carbocycles. The molecule has 25 heavy (non-hydrogen) atoms. The molecule has 0 spiro atoms. The highest BCUT2D eigenvalue weighted by Crippen LogP contribution is 2.55. The van der Waals surface area contributed by atoms with Crippen LogP contribution in [0.1, 0.15) is 25.5 Å². The Balaban J connectivity index is 2.96. The molecule has 12 nitrogen and oxygen atoms in total. The molecule has 0 saturated carbocycles. The number of aromatic hydroxyl groups is 1. The summed E-state index contributed by atoms with van der Waals surface area (Å²) in [5.74, 6) is -7.65. The van der Waals surface area contributed by atoms with Gasteiger partial charge in [-0.15, -0.1) is 11.3 Å². The third-order valence-electron chi connectivity index (χ3n) is 3.67. The van der Waals surface area contributed by atoms with E-state index in [9.17, 15) is 47.5 Å². The summed E-state index contributed by atoms with van der Waals surface area (Å²) in [5, 5.41) is 66.3. The summed E-state index contributed by atoms with van der Waals surface area (Å²) < 4.78 is 46.1. The zero-order chi connectivity index (χ0) is 19.8. The third kappa shape index (κ3) is 2.85. The van der Waals surface area contributed by atoms with Crippen molar-refractivity contribution in [3.8, 4) is 5.75 Å². The lowest BCUT2D eigenvalue weighted by Gasteiger charge is -2.46.